The third-order valence-corrected chi connectivity index (χ3v) is 3.42. The Morgan fingerprint density at radius 3 is 2.55 bits per heavy atom. The fourth-order valence-electron chi connectivity index (χ4n) is 1.95. The highest BCUT2D eigenvalue weighted by Gasteiger charge is 2.11. The van der Waals surface area contributed by atoms with Crippen molar-refractivity contribution in [2.45, 2.75) is 33.3 Å². The van der Waals surface area contributed by atoms with Gasteiger partial charge in [-0.2, -0.15) is 4.98 Å². The van der Waals surface area contributed by atoms with E-state index in [9.17, 15) is 9.90 Å². The van der Waals surface area contributed by atoms with Crippen LogP contribution in [0.5, 0.6) is 0 Å². The number of amides is 1. The highest BCUT2D eigenvalue weighted by Crippen LogP contribution is 2.17. The number of aromatic nitrogens is 2. The predicted octanol–water partition coefficient (Wildman–Crippen LogP) is 2.18. The van der Waals surface area contributed by atoms with E-state index in [4.69, 9.17) is 4.52 Å². The summed E-state index contributed by atoms with van der Waals surface area (Å²) in [6, 6.07) is 6.96. The Balaban J connectivity index is 1.91. The quantitative estimate of drug-likeness (QED) is 0.854. The van der Waals surface area contributed by atoms with E-state index < -0.39 is 6.10 Å². The van der Waals surface area contributed by atoms with Gasteiger partial charge in [-0.15, -0.1) is 0 Å². The van der Waals surface area contributed by atoms with Crippen molar-refractivity contribution in [2.24, 2.45) is 5.92 Å². The molecule has 1 aromatic heterocycles. The molecule has 0 spiro atoms. The Hall–Kier alpha value is -2.21. The molecule has 0 aliphatic carbocycles. The summed E-state index contributed by atoms with van der Waals surface area (Å²) in [5, 5.41) is 16.2. The Kier molecular flexibility index (Phi) is 5.27. The molecule has 6 heteroatoms. The molecule has 2 aromatic rings. The number of aryl methyl sites for hydroxylation is 1. The van der Waals surface area contributed by atoms with Gasteiger partial charge in [-0.3, -0.25) is 4.79 Å². The van der Waals surface area contributed by atoms with Gasteiger partial charge in [0.05, 0.1) is 6.10 Å². The van der Waals surface area contributed by atoms with Crippen LogP contribution in [-0.4, -0.2) is 33.8 Å². The molecule has 118 valence electrons. The molecule has 1 aromatic carbocycles. The van der Waals surface area contributed by atoms with Crippen molar-refractivity contribution >= 4 is 5.91 Å². The average molecular weight is 303 g/mol. The van der Waals surface area contributed by atoms with Gasteiger partial charge in [-0.25, -0.2) is 0 Å². The number of benzene rings is 1. The van der Waals surface area contributed by atoms with E-state index in [1.807, 2.05) is 13.8 Å². The molecule has 0 saturated heterocycles. The molecule has 1 unspecified atom stereocenters. The molecule has 22 heavy (non-hydrogen) atoms. The first-order chi connectivity index (χ1) is 10.5. The second kappa shape index (κ2) is 7.17. The molecule has 2 rings (SSSR count). The van der Waals surface area contributed by atoms with Gasteiger partial charge in [0, 0.05) is 17.7 Å². The SMILES string of the molecule is Cc1noc(-c2ccc(C(=O)NCCC(O)C(C)C)cc2)n1. The Morgan fingerprint density at radius 2 is 2.00 bits per heavy atom. The van der Waals surface area contributed by atoms with Crippen molar-refractivity contribution in [3.8, 4) is 11.5 Å². The minimum Gasteiger partial charge on any atom is -0.393 e. The number of nitrogens with zero attached hydrogens (tertiary/aromatic N) is 2. The van der Waals surface area contributed by atoms with Crippen LogP contribution in [0.1, 0.15) is 36.5 Å². The molecule has 2 N–H and O–H groups in total. The third-order valence-electron chi connectivity index (χ3n) is 3.42. The van der Waals surface area contributed by atoms with E-state index in [1.54, 1.807) is 31.2 Å². The molecule has 0 radical (unpaired) electrons. The predicted molar refractivity (Wildman–Crippen MR) is 82.3 cm³/mol. The van der Waals surface area contributed by atoms with Crippen molar-refractivity contribution < 1.29 is 14.4 Å². The van der Waals surface area contributed by atoms with Crippen molar-refractivity contribution in [1.29, 1.82) is 0 Å². The van der Waals surface area contributed by atoms with Crippen LogP contribution in [0, 0.1) is 12.8 Å². The van der Waals surface area contributed by atoms with Gasteiger partial charge in [0.25, 0.3) is 11.8 Å². The van der Waals surface area contributed by atoms with Gasteiger partial charge in [-0.1, -0.05) is 19.0 Å². The summed E-state index contributed by atoms with van der Waals surface area (Å²) in [5.41, 5.74) is 1.33. The van der Waals surface area contributed by atoms with Crippen molar-refractivity contribution in [3.05, 3.63) is 35.7 Å². The molecule has 6 nitrogen and oxygen atoms in total. The summed E-state index contributed by atoms with van der Waals surface area (Å²) in [7, 11) is 0. The van der Waals surface area contributed by atoms with E-state index in [0.717, 1.165) is 5.56 Å². The first kappa shape index (κ1) is 16.2. The van der Waals surface area contributed by atoms with Crippen LogP contribution in [0.15, 0.2) is 28.8 Å². The zero-order chi connectivity index (χ0) is 16.1. The van der Waals surface area contributed by atoms with E-state index >= 15 is 0 Å². The number of hydrogen-bond acceptors (Lipinski definition) is 5. The summed E-state index contributed by atoms with van der Waals surface area (Å²) in [4.78, 5) is 16.1. The van der Waals surface area contributed by atoms with Crippen molar-refractivity contribution in [3.63, 3.8) is 0 Å². The highest BCUT2D eigenvalue weighted by atomic mass is 16.5. The molecular formula is C16H21N3O3. The van der Waals surface area contributed by atoms with Crippen molar-refractivity contribution in [1.82, 2.24) is 15.5 Å². The second-order valence-electron chi connectivity index (χ2n) is 5.58. The number of aliphatic hydroxyl groups excluding tert-OH is 1. The summed E-state index contributed by atoms with van der Waals surface area (Å²) < 4.78 is 5.07. The largest absolute Gasteiger partial charge is 0.393 e. The zero-order valence-corrected chi connectivity index (χ0v) is 13.0. The molecule has 0 aliphatic rings. The van der Waals surface area contributed by atoms with Crippen molar-refractivity contribution in [2.75, 3.05) is 6.54 Å². The summed E-state index contributed by atoms with van der Waals surface area (Å²) in [5.74, 6) is 1.03. The number of carbonyl (C=O) groups excluding carboxylic acids is 1. The average Bonchev–Trinajstić information content (AvgIpc) is 2.93. The van der Waals surface area contributed by atoms with Gasteiger partial charge in [0.2, 0.25) is 0 Å². The van der Waals surface area contributed by atoms with E-state index in [2.05, 4.69) is 15.5 Å². The van der Waals surface area contributed by atoms with Crippen LogP contribution in [0.3, 0.4) is 0 Å². The molecule has 0 aliphatic heterocycles. The van der Waals surface area contributed by atoms with E-state index in [0.29, 0.717) is 30.2 Å². The van der Waals surface area contributed by atoms with Crippen LogP contribution in [-0.2, 0) is 0 Å². The molecule has 0 saturated carbocycles. The lowest BCUT2D eigenvalue weighted by atomic mass is 10.0. The van der Waals surface area contributed by atoms with Crippen LogP contribution in [0.4, 0.5) is 0 Å². The topological polar surface area (TPSA) is 88.2 Å². The highest BCUT2D eigenvalue weighted by molar-refractivity contribution is 5.94. The molecule has 0 bridgehead atoms. The van der Waals surface area contributed by atoms with Gasteiger partial charge in [-0.05, 0) is 43.5 Å². The van der Waals surface area contributed by atoms with Gasteiger partial charge in [0.1, 0.15) is 0 Å². The minimum absolute atomic E-state index is 0.163. The Labute approximate surface area is 129 Å². The third kappa shape index (κ3) is 4.14. The lowest BCUT2D eigenvalue weighted by Gasteiger charge is -2.14. The van der Waals surface area contributed by atoms with Crippen LogP contribution in [0.25, 0.3) is 11.5 Å². The first-order valence-corrected chi connectivity index (χ1v) is 7.34. The smallest absolute Gasteiger partial charge is 0.257 e. The molecular weight excluding hydrogens is 282 g/mol. The second-order valence-corrected chi connectivity index (χ2v) is 5.58. The minimum atomic E-state index is -0.400. The zero-order valence-electron chi connectivity index (χ0n) is 13.0. The van der Waals surface area contributed by atoms with Gasteiger partial charge >= 0.3 is 0 Å². The Morgan fingerprint density at radius 1 is 1.32 bits per heavy atom. The van der Waals surface area contributed by atoms with Crippen LogP contribution < -0.4 is 5.32 Å². The van der Waals surface area contributed by atoms with Crippen LogP contribution >= 0.6 is 0 Å². The van der Waals surface area contributed by atoms with E-state index in [-0.39, 0.29) is 11.8 Å². The summed E-state index contributed by atoms with van der Waals surface area (Å²) >= 11 is 0. The van der Waals surface area contributed by atoms with Gasteiger partial charge in [0.15, 0.2) is 5.82 Å². The van der Waals surface area contributed by atoms with Crippen LogP contribution in [0.2, 0.25) is 0 Å². The number of carbonyl (C=O) groups is 1. The number of hydrogen-bond donors (Lipinski definition) is 2. The summed E-state index contributed by atoms with van der Waals surface area (Å²) in [6.07, 6.45) is 0.145. The first-order valence-electron chi connectivity index (χ1n) is 7.34. The maximum absolute atomic E-state index is 12.0. The fraction of sp³-hybridized carbons (Fsp3) is 0.438. The molecule has 0 fully saturated rings. The summed E-state index contributed by atoms with van der Waals surface area (Å²) in [6.45, 7) is 6.10. The standard InChI is InChI=1S/C16H21N3O3/c1-10(2)14(20)8-9-17-15(21)12-4-6-13(7-5-12)16-18-11(3)19-22-16/h4-7,10,14,20H,8-9H2,1-3H3,(H,17,21). The lowest BCUT2D eigenvalue weighted by Crippen LogP contribution is -2.28. The van der Waals surface area contributed by atoms with E-state index in [1.165, 1.54) is 0 Å². The lowest BCUT2D eigenvalue weighted by molar-refractivity contribution is 0.0920. The number of nitrogens with one attached hydrogen (secondary N) is 1. The molecule has 1 heterocycles. The molecule has 1 atom stereocenters. The fourth-order valence-corrected chi connectivity index (χ4v) is 1.95. The maximum atomic E-state index is 12.0. The monoisotopic (exact) mass is 303 g/mol. The Bertz CT molecular complexity index is 620. The maximum Gasteiger partial charge on any atom is 0.257 e. The van der Waals surface area contributed by atoms with Gasteiger partial charge < -0.3 is 14.9 Å². The normalized spacial score (nSPS) is 12.4. The number of rotatable bonds is 6. The number of aliphatic hydroxyl groups is 1. The molecule has 1 amide bonds.